The van der Waals surface area contributed by atoms with Crippen molar-refractivity contribution in [3.8, 4) is 5.75 Å². The van der Waals surface area contributed by atoms with E-state index in [1.165, 1.54) is 12.1 Å². The SMILES string of the molecule is CC(C)(C)OC(=O)N1CCC(CCCOc2ccc(NC(=O)N3CCOCC3)c(F)c2)CC1. The van der Waals surface area contributed by atoms with Crippen LogP contribution in [0.3, 0.4) is 0 Å². The lowest BCUT2D eigenvalue weighted by atomic mass is 9.92. The van der Waals surface area contributed by atoms with Crippen LogP contribution in [0, 0.1) is 11.7 Å². The van der Waals surface area contributed by atoms with E-state index >= 15 is 0 Å². The second kappa shape index (κ2) is 11.5. The highest BCUT2D eigenvalue weighted by Gasteiger charge is 2.26. The number of anilines is 1. The molecule has 3 amide bonds. The minimum atomic E-state index is -0.524. The van der Waals surface area contributed by atoms with Crippen molar-refractivity contribution in [2.75, 3.05) is 51.3 Å². The third kappa shape index (κ3) is 8.07. The van der Waals surface area contributed by atoms with E-state index in [4.69, 9.17) is 14.2 Å². The summed E-state index contributed by atoms with van der Waals surface area (Å²) in [5.41, 5.74) is -0.340. The van der Waals surface area contributed by atoms with Gasteiger partial charge in [0.25, 0.3) is 0 Å². The van der Waals surface area contributed by atoms with Gasteiger partial charge in [-0.1, -0.05) is 0 Å². The summed E-state index contributed by atoms with van der Waals surface area (Å²) in [5, 5.41) is 2.61. The molecule has 2 fully saturated rings. The first-order chi connectivity index (χ1) is 15.7. The smallest absolute Gasteiger partial charge is 0.410 e. The first-order valence-corrected chi connectivity index (χ1v) is 11.8. The third-order valence-electron chi connectivity index (χ3n) is 5.77. The van der Waals surface area contributed by atoms with Crippen LogP contribution in [0.15, 0.2) is 18.2 Å². The van der Waals surface area contributed by atoms with Crippen molar-refractivity contribution >= 4 is 17.8 Å². The summed E-state index contributed by atoms with van der Waals surface area (Å²) in [6, 6.07) is 4.16. The van der Waals surface area contributed by atoms with Crippen LogP contribution in [0.4, 0.5) is 19.7 Å². The fourth-order valence-corrected chi connectivity index (χ4v) is 3.94. The first-order valence-electron chi connectivity index (χ1n) is 11.8. The molecule has 3 rings (SSSR count). The molecule has 1 N–H and O–H groups in total. The summed E-state index contributed by atoms with van der Waals surface area (Å²) in [5.74, 6) is 0.460. The van der Waals surface area contributed by atoms with Crippen LogP contribution in [0.2, 0.25) is 0 Å². The number of carbonyl (C=O) groups is 2. The lowest BCUT2D eigenvalue weighted by molar-refractivity contribution is 0.0179. The Morgan fingerprint density at radius 1 is 1.12 bits per heavy atom. The second-order valence-electron chi connectivity index (χ2n) is 9.57. The highest BCUT2D eigenvalue weighted by Crippen LogP contribution is 2.25. The molecule has 2 heterocycles. The predicted molar refractivity (Wildman–Crippen MR) is 123 cm³/mol. The number of carbonyl (C=O) groups excluding carboxylic acids is 2. The Labute approximate surface area is 195 Å². The average molecular weight is 466 g/mol. The maximum Gasteiger partial charge on any atom is 0.410 e. The number of amides is 3. The van der Waals surface area contributed by atoms with Crippen molar-refractivity contribution in [1.82, 2.24) is 9.80 Å². The zero-order valence-electron chi connectivity index (χ0n) is 19.9. The Balaban J connectivity index is 1.34. The normalized spacial score (nSPS) is 17.6. The van der Waals surface area contributed by atoms with Gasteiger partial charge in [0.05, 0.1) is 25.5 Å². The lowest BCUT2D eigenvalue weighted by Crippen LogP contribution is -2.43. The van der Waals surface area contributed by atoms with E-state index in [1.54, 1.807) is 15.9 Å². The Bertz CT molecular complexity index is 800. The van der Waals surface area contributed by atoms with Gasteiger partial charge in [0.15, 0.2) is 0 Å². The molecule has 0 spiro atoms. The Hall–Kier alpha value is -2.55. The summed E-state index contributed by atoms with van der Waals surface area (Å²) < 4.78 is 30.8. The van der Waals surface area contributed by atoms with Crippen LogP contribution in [0.5, 0.6) is 5.75 Å². The quantitative estimate of drug-likeness (QED) is 0.626. The van der Waals surface area contributed by atoms with E-state index in [2.05, 4.69) is 5.32 Å². The molecule has 0 saturated carbocycles. The summed E-state index contributed by atoms with van der Waals surface area (Å²) in [7, 11) is 0. The monoisotopic (exact) mass is 465 g/mol. The molecule has 2 aliphatic heterocycles. The summed E-state index contributed by atoms with van der Waals surface area (Å²) in [4.78, 5) is 27.7. The molecule has 0 unspecified atom stereocenters. The van der Waals surface area contributed by atoms with E-state index < -0.39 is 11.4 Å². The van der Waals surface area contributed by atoms with Crippen LogP contribution < -0.4 is 10.1 Å². The molecule has 184 valence electrons. The Morgan fingerprint density at radius 2 is 1.82 bits per heavy atom. The number of morpholine rings is 1. The van der Waals surface area contributed by atoms with Gasteiger partial charge in [-0.3, -0.25) is 0 Å². The predicted octanol–water partition coefficient (Wildman–Crippen LogP) is 4.50. The van der Waals surface area contributed by atoms with Crippen LogP contribution >= 0.6 is 0 Å². The van der Waals surface area contributed by atoms with Gasteiger partial charge in [-0.05, 0) is 64.5 Å². The molecule has 2 aliphatic rings. The van der Waals surface area contributed by atoms with Crippen molar-refractivity contribution < 1.29 is 28.2 Å². The zero-order valence-corrected chi connectivity index (χ0v) is 19.9. The summed E-state index contributed by atoms with van der Waals surface area (Å²) in [6.45, 7) is 9.51. The zero-order chi connectivity index (χ0) is 23.8. The van der Waals surface area contributed by atoms with Crippen molar-refractivity contribution in [3.63, 3.8) is 0 Å². The molecule has 0 bridgehead atoms. The largest absolute Gasteiger partial charge is 0.493 e. The standard InChI is InChI=1S/C24H36FN3O5/c1-24(2,3)33-23(30)28-10-8-18(9-11-28)5-4-14-32-19-6-7-21(20(25)17-19)26-22(29)27-12-15-31-16-13-27/h6-7,17-18H,4-5,8-16H2,1-3H3,(H,26,29). The highest BCUT2D eigenvalue weighted by atomic mass is 19.1. The minimum absolute atomic E-state index is 0.135. The number of piperidine rings is 1. The van der Waals surface area contributed by atoms with Gasteiger partial charge in [0.1, 0.15) is 17.2 Å². The van der Waals surface area contributed by atoms with Gasteiger partial charge >= 0.3 is 12.1 Å². The number of halogens is 1. The molecule has 33 heavy (non-hydrogen) atoms. The van der Waals surface area contributed by atoms with Gasteiger partial charge in [0, 0.05) is 32.2 Å². The van der Waals surface area contributed by atoms with Crippen LogP contribution in [-0.4, -0.2) is 73.5 Å². The number of benzene rings is 1. The van der Waals surface area contributed by atoms with Gasteiger partial charge in [-0.2, -0.15) is 0 Å². The second-order valence-corrected chi connectivity index (χ2v) is 9.57. The van der Waals surface area contributed by atoms with Crippen LogP contribution in [0.25, 0.3) is 0 Å². The van der Waals surface area contributed by atoms with E-state index in [1.807, 2.05) is 20.8 Å². The van der Waals surface area contributed by atoms with E-state index in [9.17, 15) is 14.0 Å². The van der Waals surface area contributed by atoms with Crippen LogP contribution in [-0.2, 0) is 9.47 Å². The maximum absolute atomic E-state index is 14.4. The number of rotatable bonds is 6. The summed E-state index contributed by atoms with van der Waals surface area (Å²) in [6.07, 6.45) is 3.51. The number of urea groups is 1. The molecule has 1 aromatic rings. The number of likely N-dealkylation sites (tertiary alicyclic amines) is 1. The van der Waals surface area contributed by atoms with Crippen molar-refractivity contribution in [2.24, 2.45) is 5.92 Å². The molecule has 1 aromatic carbocycles. The molecule has 0 radical (unpaired) electrons. The number of ether oxygens (including phenoxy) is 3. The van der Waals surface area contributed by atoms with Crippen molar-refractivity contribution in [3.05, 3.63) is 24.0 Å². The molecule has 9 heteroatoms. The molecule has 2 saturated heterocycles. The third-order valence-corrected chi connectivity index (χ3v) is 5.77. The number of hydrogen-bond donors (Lipinski definition) is 1. The highest BCUT2D eigenvalue weighted by molar-refractivity contribution is 5.89. The van der Waals surface area contributed by atoms with Gasteiger partial charge < -0.3 is 29.3 Å². The Kier molecular flexibility index (Phi) is 8.77. The van der Waals surface area contributed by atoms with Crippen molar-refractivity contribution in [2.45, 2.75) is 52.1 Å². The molecule has 0 aliphatic carbocycles. The van der Waals surface area contributed by atoms with Crippen LogP contribution in [0.1, 0.15) is 46.5 Å². The molecule has 0 aromatic heterocycles. The fourth-order valence-electron chi connectivity index (χ4n) is 3.94. The Morgan fingerprint density at radius 3 is 2.45 bits per heavy atom. The molecular formula is C24H36FN3O5. The van der Waals surface area contributed by atoms with Gasteiger partial charge in [-0.25, -0.2) is 14.0 Å². The molecule has 8 nitrogen and oxygen atoms in total. The molecular weight excluding hydrogens is 429 g/mol. The number of nitrogens with zero attached hydrogens (tertiary/aromatic N) is 2. The van der Waals surface area contributed by atoms with Gasteiger partial charge in [0.2, 0.25) is 0 Å². The maximum atomic E-state index is 14.4. The van der Waals surface area contributed by atoms with E-state index in [0.717, 1.165) is 25.7 Å². The van der Waals surface area contributed by atoms with E-state index in [0.29, 0.717) is 57.7 Å². The average Bonchev–Trinajstić information content (AvgIpc) is 2.78. The number of nitrogens with one attached hydrogen (secondary N) is 1. The fraction of sp³-hybridized carbons (Fsp3) is 0.667. The minimum Gasteiger partial charge on any atom is -0.493 e. The first kappa shape index (κ1) is 25.1. The molecule has 0 atom stereocenters. The summed E-state index contributed by atoms with van der Waals surface area (Å²) >= 11 is 0. The number of hydrogen-bond acceptors (Lipinski definition) is 5. The topological polar surface area (TPSA) is 80.3 Å². The van der Waals surface area contributed by atoms with Crippen molar-refractivity contribution in [1.29, 1.82) is 0 Å². The lowest BCUT2D eigenvalue weighted by Gasteiger charge is -2.33. The van der Waals surface area contributed by atoms with E-state index in [-0.39, 0.29) is 17.8 Å². The van der Waals surface area contributed by atoms with Gasteiger partial charge in [-0.15, -0.1) is 0 Å².